The van der Waals surface area contributed by atoms with Crippen LogP contribution in [-0.4, -0.2) is 28.1 Å². The highest BCUT2D eigenvalue weighted by molar-refractivity contribution is 8.00. The van der Waals surface area contributed by atoms with Crippen LogP contribution < -0.4 is 0 Å². The summed E-state index contributed by atoms with van der Waals surface area (Å²) in [6.07, 6.45) is 4.47. The van der Waals surface area contributed by atoms with Gasteiger partial charge in [0.25, 0.3) is 0 Å². The zero-order chi connectivity index (χ0) is 14.7. The number of carbonyl (C=O) groups excluding carboxylic acids is 1. The van der Waals surface area contributed by atoms with Crippen LogP contribution in [-0.2, 0) is 11.2 Å². The molecular formula is C17H18N2OS. The minimum atomic E-state index is 0.153. The first kappa shape index (κ1) is 14.1. The van der Waals surface area contributed by atoms with Crippen molar-refractivity contribution in [3.05, 3.63) is 65.5 Å². The van der Waals surface area contributed by atoms with Gasteiger partial charge in [-0.3, -0.25) is 9.78 Å². The van der Waals surface area contributed by atoms with Gasteiger partial charge in [-0.15, -0.1) is 11.8 Å². The maximum atomic E-state index is 12.2. The van der Waals surface area contributed by atoms with Crippen molar-refractivity contribution in [1.29, 1.82) is 0 Å². The number of benzene rings is 1. The van der Waals surface area contributed by atoms with E-state index in [0.717, 1.165) is 13.0 Å². The molecule has 1 unspecified atom stereocenters. The Hall–Kier alpha value is -1.81. The molecule has 1 aliphatic heterocycles. The molecule has 2 heterocycles. The molecule has 1 fully saturated rings. The molecule has 1 aromatic heterocycles. The van der Waals surface area contributed by atoms with Crippen molar-refractivity contribution in [2.45, 2.75) is 18.7 Å². The van der Waals surface area contributed by atoms with Crippen molar-refractivity contribution in [1.82, 2.24) is 9.88 Å². The second-order valence-corrected chi connectivity index (χ2v) is 6.28. The molecule has 0 saturated carbocycles. The molecule has 1 saturated heterocycles. The van der Waals surface area contributed by atoms with Crippen LogP contribution in [0.5, 0.6) is 0 Å². The molecule has 21 heavy (non-hydrogen) atoms. The Labute approximate surface area is 129 Å². The first-order chi connectivity index (χ1) is 10.3. The molecule has 4 heteroatoms. The van der Waals surface area contributed by atoms with Gasteiger partial charge in [0.05, 0.1) is 5.75 Å². The van der Waals surface area contributed by atoms with E-state index in [9.17, 15) is 4.79 Å². The Morgan fingerprint density at radius 2 is 2.00 bits per heavy atom. The Balaban J connectivity index is 1.76. The van der Waals surface area contributed by atoms with Crippen LogP contribution in [0.2, 0.25) is 0 Å². The Kier molecular flexibility index (Phi) is 4.25. The summed E-state index contributed by atoms with van der Waals surface area (Å²) in [5.41, 5.74) is 3.72. The van der Waals surface area contributed by atoms with Crippen molar-refractivity contribution in [3.63, 3.8) is 0 Å². The van der Waals surface area contributed by atoms with Gasteiger partial charge in [-0.05, 0) is 42.2 Å². The molecular weight excluding hydrogens is 280 g/mol. The van der Waals surface area contributed by atoms with E-state index in [1.54, 1.807) is 24.2 Å². The highest BCUT2D eigenvalue weighted by Crippen LogP contribution is 2.39. The van der Waals surface area contributed by atoms with Gasteiger partial charge in [0, 0.05) is 18.9 Å². The first-order valence-electron chi connectivity index (χ1n) is 7.11. The van der Waals surface area contributed by atoms with Crippen molar-refractivity contribution in [3.8, 4) is 0 Å². The zero-order valence-corrected chi connectivity index (χ0v) is 12.8. The Morgan fingerprint density at radius 3 is 2.76 bits per heavy atom. The number of aryl methyl sites for hydroxylation is 1. The predicted octanol–water partition coefficient (Wildman–Crippen LogP) is 3.21. The molecule has 0 spiro atoms. The van der Waals surface area contributed by atoms with Crippen molar-refractivity contribution >= 4 is 17.7 Å². The van der Waals surface area contributed by atoms with Gasteiger partial charge < -0.3 is 4.90 Å². The summed E-state index contributed by atoms with van der Waals surface area (Å²) < 4.78 is 0. The lowest BCUT2D eigenvalue weighted by Gasteiger charge is -2.25. The molecule has 1 aliphatic rings. The van der Waals surface area contributed by atoms with Crippen molar-refractivity contribution in [2.75, 3.05) is 12.3 Å². The topological polar surface area (TPSA) is 33.2 Å². The second kappa shape index (κ2) is 6.31. The standard InChI is InChI=1S/C17H18N2OS/c1-13-4-2-3-5-15(13)17-19(16(20)12-21-17)11-8-14-6-9-18-10-7-14/h2-7,9-10,17H,8,11-12H2,1H3. The van der Waals surface area contributed by atoms with Crippen LogP contribution in [0.3, 0.4) is 0 Å². The summed E-state index contributed by atoms with van der Waals surface area (Å²) in [7, 11) is 0. The molecule has 3 nitrogen and oxygen atoms in total. The summed E-state index contributed by atoms with van der Waals surface area (Å²) in [6, 6.07) is 12.4. The van der Waals surface area contributed by atoms with Gasteiger partial charge in [-0.25, -0.2) is 0 Å². The van der Waals surface area contributed by atoms with Crippen LogP contribution in [0.25, 0.3) is 0 Å². The SMILES string of the molecule is Cc1ccccc1C1SCC(=O)N1CCc1ccncc1. The molecule has 0 aliphatic carbocycles. The third-order valence-corrected chi connectivity index (χ3v) is 5.05. The second-order valence-electron chi connectivity index (χ2n) is 5.21. The number of nitrogens with zero attached hydrogens (tertiary/aromatic N) is 2. The first-order valence-corrected chi connectivity index (χ1v) is 8.16. The maximum Gasteiger partial charge on any atom is 0.233 e. The number of carbonyl (C=O) groups is 1. The summed E-state index contributed by atoms with van der Waals surface area (Å²) in [6.45, 7) is 2.87. The summed E-state index contributed by atoms with van der Waals surface area (Å²) >= 11 is 1.73. The number of rotatable bonds is 4. The lowest BCUT2D eigenvalue weighted by atomic mass is 10.1. The minimum Gasteiger partial charge on any atom is -0.325 e. The number of hydrogen-bond acceptors (Lipinski definition) is 3. The maximum absolute atomic E-state index is 12.2. The van der Waals surface area contributed by atoms with Crippen molar-refractivity contribution in [2.24, 2.45) is 0 Å². The lowest BCUT2D eigenvalue weighted by molar-refractivity contribution is -0.128. The average Bonchev–Trinajstić information content (AvgIpc) is 2.88. The van der Waals surface area contributed by atoms with E-state index in [1.165, 1.54) is 16.7 Å². The van der Waals surface area contributed by atoms with Crippen LogP contribution >= 0.6 is 11.8 Å². The molecule has 1 amide bonds. The molecule has 0 radical (unpaired) electrons. The van der Waals surface area contributed by atoms with Crippen molar-refractivity contribution < 1.29 is 4.79 Å². The molecule has 1 atom stereocenters. The highest BCUT2D eigenvalue weighted by atomic mass is 32.2. The largest absolute Gasteiger partial charge is 0.325 e. The predicted molar refractivity (Wildman–Crippen MR) is 86.0 cm³/mol. The van der Waals surface area contributed by atoms with Gasteiger partial charge in [0.2, 0.25) is 5.91 Å². The van der Waals surface area contributed by atoms with E-state index in [0.29, 0.717) is 5.75 Å². The van der Waals surface area contributed by atoms with Crippen LogP contribution in [0.1, 0.15) is 22.1 Å². The monoisotopic (exact) mass is 298 g/mol. The van der Waals surface area contributed by atoms with Gasteiger partial charge in [0.1, 0.15) is 5.37 Å². The fourth-order valence-corrected chi connectivity index (χ4v) is 3.93. The zero-order valence-electron chi connectivity index (χ0n) is 12.0. The van der Waals surface area contributed by atoms with Crippen LogP contribution in [0.15, 0.2) is 48.8 Å². The lowest BCUT2D eigenvalue weighted by Crippen LogP contribution is -2.30. The smallest absolute Gasteiger partial charge is 0.233 e. The van der Waals surface area contributed by atoms with Crippen LogP contribution in [0, 0.1) is 6.92 Å². The van der Waals surface area contributed by atoms with Crippen LogP contribution in [0.4, 0.5) is 0 Å². The third-order valence-electron chi connectivity index (χ3n) is 3.81. The number of pyridine rings is 1. The number of hydrogen-bond donors (Lipinski definition) is 0. The van der Waals surface area contributed by atoms with E-state index in [-0.39, 0.29) is 11.3 Å². The van der Waals surface area contributed by atoms with Gasteiger partial charge in [-0.1, -0.05) is 24.3 Å². The molecule has 108 valence electrons. The molecule has 1 aromatic carbocycles. The Bertz CT molecular complexity index is 630. The third kappa shape index (κ3) is 3.10. The quantitative estimate of drug-likeness (QED) is 0.869. The van der Waals surface area contributed by atoms with E-state index in [4.69, 9.17) is 0 Å². The van der Waals surface area contributed by atoms with Gasteiger partial charge in [0.15, 0.2) is 0 Å². The van der Waals surface area contributed by atoms with Gasteiger partial charge in [-0.2, -0.15) is 0 Å². The van der Waals surface area contributed by atoms with E-state index < -0.39 is 0 Å². The van der Waals surface area contributed by atoms with E-state index in [2.05, 4.69) is 24.0 Å². The fraction of sp³-hybridized carbons (Fsp3) is 0.294. The molecule has 0 N–H and O–H groups in total. The normalized spacial score (nSPS) is 18.2. The number of thioether (sulfide) groups is 1. The fourth-order valence-electron chi connectivity index (χ4n) is 2.62. The number of aromatic nitrogens is 1. The summed E-state index contributed by atoms with van der Waals surface area (Å²) in [5, 5.41) is 0.153. The number of amides is 1. The average molecular weight is 298 g/mol. The highest BCUT2D eigenvalue weighted by Gasteiger charge is 2.32. The molecule has 0 bridgehead atoms. The van der Waals surface area contributed by atoms with Gasteiger partial charge >= 0.3 is 0 Å². The van der Waals surface area contributed by atoms with E-state index in [1.807, 2.05) is 29.2 Å². The summed E-state index contributed by atoms with van der Waals surface area (Å²) in [5.74, 6) is 0.817. The Morgan fingerprint density at radius 1 is 1.24 bits per heavy atom. The molecule has 2 aromatic rings. The summed E-state index contributed by atoms with van der Waals surface area (Å²) in [4.78, 5) is 18.2. The molecule has 3 rings (SSSR count). The minimum absolute atomic E-state index is 0.153. The van der Waals surface area contributed by atoms with E-state index >= 15 is 0 Å².